The first kappa shape index (κ1) is 21.1. The molecule has 0 saturated carbocycles. The molecule has 154 valence electrons. The molecule has 1 saturated heterocycles. The average molecular weight is 392 g/mol. The lowest BCUT2D eigenvalue weighted by molar-refractivity contribution is 0.268. The van der Waals surface area contributed by atoms with E-state index in [9.17, 15) is 0 Å². The van der Waals surface area contributed by atoms with Gasteiger partial charge in [-0.2, -0.15) is 0 Å². The highest BCUT2D eigenvalue weighted by Gasteiger charge is 2.26. The Kier molecular flexibility index (Phi) is 6.70. The van der Waals surface area contributed by atoms with Crippen LogP contribution in [0.5, 0.6) is 0 Å². The minimum absolute atomic E-state index is 0.492. The molecule has 1 aromatic heterocycles. The van der Waals surface area contributed by atoms with Crippen molar-refractivity contribution >= 4 is 11.8 Å². The van der Waals surface area contributed by atoms with Crippen LogP contribution in [0.25, 0.3) is 5.57 Å². The van der Waals surface area contributed by atoms with Crippen LogP contribution in [0.3, 0.4) is 0 Å². The van der Waals surface area contributed by atoms with Gasteiger partial charge in [0.15, 0.2) is 0 Å². The first-order valence-corrected chi connectivity index (χ1v) is 10.3. The second-order valence-corrected chi connectivity index (χ2v) is 8.09. The maximum atomic E-state index is 4.58. The second kappa shape index (κ2) is 9.23. The Bertz CT molecular complexity index is 894. The summed E-state index contributed by atoms with van der Waals surface area (Å²) in [6, 6.07) is 0.594. The van der Waals surface area contributed by atoms with Crippen molar-refractivity contribution in [2.75, 3.05) is 13.1 Å². The normalized spacial score (nSPS) is 21.7. The fourth-order valence-corrected chi connectivity index (χ4v) is 3.70. The summed E-state index contributed by atoms with van der Waals surface area (Å²) < 4.78 is 2.07. The fourth-order valence-electron chi connectivity index (χ4n) is 3.70. The van der Waals surface area contributed by atoms with Crippen molar-refractivity contribution in [1.82, 2.24) is 19.8 Å². The van der Waals surface area contributed by atoms with Gasteiger partial charge in [-0.25, -0.2) is 9.98 Å². The van der Waals surface area contributed by atoms with E-state index in [0.717, 1.165) is 60.1 Å². The number of aromatic nitrogens is 2. The number of imidazole rings is 1. The van der Waals surface area contributed by atoms with E-state index in [1.807, 2.05) is 32.5 Å². The summed E-state index contributed by atoms with van der Waals surface area (Å²) in [7, 11) is 2.02. The standard InChI is InChI=1S/C24H33N5/c1-7-21(23-15-25-19(5)28(23)6)10-8-20-9-11-24(26-14-20)27-18(4)22-12-13-29(16-22)17(2)3/h7-8,10-11,14-15,17,22,27H,1,4,9,12-13,16H2,2-3,5-6H3/b20-8+,21-10+. The van der Waals surface area contributed by atoms with Gasteiger partial charge in [0.25, 0.3) is 0 Å². The molecule has 1 unspecified atom stereocenters. The van der Waals surface area contributed by atoms with Crippen LogP contribution in [-0.2, 0) is 7.05 Å². The summed E-state index contributed by atoms with van der Waals surface area (Å²) in [4.78, 5) is 11.5. The Hall–Kier alpha value is -2.66. The van der Waals surface area contributed by atoms with E-state index in [2.05, 4.69) is 70.0 Å². The third-order valence-electron chi connectivity index (χ3n) is 5.85. The molecule has 3 rings (SSSR count). The Labute approximate surface area is 174 Å². The smallest absolute Gasteiger partial charge is 0.126 e. The predicted octanol–water partition coefficient (Wildman–Crippen LogP) is 4.37. The van der Waals surface area contributed by atoms with Crippen molar-refractivity contribution in [3.63, 3.8) is 0 Å². The number of hydrogen-bond donors (Lipinski definition) is 1. The first-order valence-electron chi connectivity index (χ1n) is 10.3. The molecule has 1 N–H and O–H groups in total. The molecule has 1 fully saturated rings. The Morgan fingerprint density at radius 3 is 2.72 bits per heavy atom. The van der Waals surface area contributed by atoms with Crippen LogP contribution in [0.4, 0.5) is 0 Å². The van der Waals surface area contributed by atoms with E-state index in [1.54, 1.807) is 0 Å². The van der Waals surface area contributed by atoms with Gasteiger partial charge in [-0.1, -0.05) is 31.4 Å². The summed E-state index contributed by atoms with van der Waals surface area (Å²) in [5.41, 5.74) is 4.34. The molecule has 1 atom stereocenters. The van der Waals surface area contributed by atoms with Crippen LogP contribution in [0.2, 0.25) is 0 Å². The van der Waals surface area contributed by atoms with Crippen molar-refractivity contribution in [3.8, 4) is 0 Å². The summed E-state index contributed by atoms with van der Waals surface area (Å²) in [6.07, 6.45) is 14.0. The number of nitrogens with one attached hydrogen (secondary N) is 1. The molecule has 2 aliphatic heterocycles. The van der Waals surface area contributed by atoms with Crippen molar-refractivity contribution < 1.29 is 0 Å². The average Bonchev–Trinajstić information content (AvgIpc) is 3.33. The van der Waals surface area contributed by atoms with Crippen molar-refractivity contribution in [3.05, 3.63) is 72.3 Å². The van der Waals surface area contributed by atoms with Gasteiger partial charge in [0.1, 0.15) is 11.6 Å². The minimum atomic E-state index is 0.492. The van der Waals surface area contributed by atoms with Gasteiger partial charge in [0.05, 0.1) is 11.9 Å². The highest BCUT2D eigenvalue weighted by Crippen LogP contribution is 2.24. The third kappa shape index (κ3) is 5.04. The van der Waals surface area contributed by atoms with Crippen LogP contribution in [0.15, 0.2) is 65.7 Å². The van der Waals surface area contributed by atoms with Crippen LogP contribution in [-0.4, -0.2) is 39.8 Å². The molecule has 29 heavy (non-hydrogen) atoms. The molecule has 1 aromatic rings. The molecule has 3 heterocycles. The monoisotopic (exact) mass is 391 g/mol. The predicted molar refractivity (Wildman–Crippen MR) is 122 cm³/mol. The number of aryl methyl sites for hydroxylation is 1. The molecular formula is C24H33N5. The van der Waals surface area contributed by atoms with Gasteiger partial charge in [-0.3, -0.25) is 0 Å². The highest BCUT2D eigenvalue weighted by molar-refractivity contribution is 5.83. The van der Waals surface area contributed by atoms with E-state index in [4.69, 9.17) is 0 Å². The molecule has 0 amide bonds. The molecular weight excluding hydrogens is 358 g/mol. The van der Waals surface area contributed by atoms with Crippen LogP contribution < -0.4 is 5.32 Å². The number of rotatable bonds is 7. The Morgan fingerprint density at radius 2 is 2.17 bits per heavy atom. The van der Waals surface area contributed by atoms with Crippen LogP contribution >= 0.6 is 0 Å². The van der Waals surface area contributed by atoms with Crippen LogP contribution in [0.1, 0.15) is 38.2 Å². The molecule has 5 nitrogen and oxygen atoms in total. The number of allylic oxidation sites excluding steroid dienone is 6. The molecule has 5 heteroatoms. The zero-order valence-corrected chi connectivity index (χ0v) is 18.2. The number of hydrogen-bond acceptors (Lipinski definition) is 4. The van der Waals surface area contributed by atoms with Gasteiger partial charge in [-0.15, -0.1) is 0 Å². The number of nitrogens with zero attached hydrogens (tertiary/aromatic N) is 4. The second-order valence-electron chi connectivity index (χ2n) is 8.09. The number of likely N-dealkylation sites (tertiary alicyclic amines) is 1. The highest BCUT2D eigenvalue weighted by atomic mass is 15.2. The van der Waals surface area contributed by atoms with Crippen molar-refractivity contribution in [2.45, 2.75) is 39.7 Å². The van der Waals surface area contributed by atoms with Gasteiger partial charge in [0, 0.05) is 37.5 Å². The SMILES string of the molecule is C=C/C(=C\C=C1\C=NC(NC(=C)C2CCN(C(C)C)C2)=CC1)c1cnc(C)n1C. The van der Waals surface area contributed by atoms with Gasteiger partial charge >= 0.3 is 0 Å². The van der Waals surface area contributed by atoms with Gasteiger partial charge in [-0.05, 0) is 57.4 Å². The molecule has 0 radical (unpaired) electrons. The van der Waals surface area contributed by atoms with Gasteiger partial charge in [0.2, 0.25) is 0 Å². The minimum Gasteiger partial charge on any atom is -0.344 e. The zero-order valence-electron chi connectivity index (χ0n) is 18.2. The van der Waals surface area contributed by atoms with Crippen molar-refractivity contribution in [2.24, 2.45) is 18.0 Å². The first-order chi connectivity index (χ1) is 13.9. The summed E-state index contributed by atoms with van der Waals surface area (Å²) in [6.45, 7) is 16.9. The lowest BCUT2D eigenvalue weighted by atomic mass is 10.1. The zero-order chi connectivity index (χ0) is 21.0. The Balaban J connectivity index is 1.59. The van der Waals surface area contributed by atoms with E-state index in [0.29, 0.717) is 12.0 Å². The van der Waals surface area contributed by atoms with E-state index in [-0.39, 0.29) is 0 Å². The lowest BCUT2D eigenvalue weighted by Crippen LogP contribution is -2.29. The maximum Gasteiger partial charge on any atom is 0.126 e. The lowest BCUT2D eigenvalue weighted by Gasteiger charge is -2.21. The maximum absolute atomic E-state index is 4.58. The van der Waals surface area contributed by atoms with Crippen molar-refractivity contribution in [1.29, 1.82) is 0 Å². The summed E-state index contributed by atoms with van der Waals surface area (Å²) in [5.74, 6) is 2.37. The number of aliphatic imine (C=N–C) groups is 1. The molecule has 2 aliphatic rings. The van der Waals surface area contributed by atoms with E-state index in [1.165, 1.54) is 0 Å². The largest absolute Gasteiger partial charge is 0.344 e. The molecule has 0 aliphatic carbocycles. The molecule has 0 bridgehead atoms. The van der Waals surface area contributed by atoms with E-state index < -0.39 is 0 Å². The van der Waals surface area contributed by atoms with Gasteiger partial charge < -0.3 is 14.8 Å². The summed E-state index contributed by atoms with van der Waals surface area (Å²) in [5, 5.41) is 3.42. The van der Waals surface area contributed by atoms with E-state index >= 15 is 0 Å². The van der Waals surface area contributed by atoms with Crippen LogP contribution in [0, 0.1) is 12.8 Å². The topological polar surface area (TPSA) is 45.5 Å². The fraction of sp³-hybridized carbons (Fsp3) is 0.417. The summed E-state index contributed by atoms with van der Waals surface area (Å²) >= 11 is 0. The quantitative estimate of drug-likeness (QED) is 0.702. The molecule has 0 aromatic carbocycles. The third-order valence-corrected chi connectivity index (χ3v) is 5.85. The Morgan fingerprint density at radius 1 is 1.38 bits per heavy atom. The molecule has 0 spiro atoms.